The number of fused-ring (bicyclic) bond motifs is 2. The fraction of sp³-hybridized carbons (Fsp3) is 0.467. The van der Waals surface area contributed by atoms with E-state index < -0.39 is 5.97 Å². The zero-order valence-electron chi connectivity index (χ0n) is 11.4. The van der Waals surface area contributed by atoms with Gasteiger partial charge in [0, 0.05) is 6.04 Å². The van der Waals surface area contributed by atoms with Crippen LogP contribution in [0.15, 0.2) is 18.2 Å². The molecular formula is C15H17ClN2O3. The number of nitrogens with one attached hydrogen (secondary N) is 1. The Kier molecular flexibility index (Phi) is 3.63. The first-order valence-electron chi connectivity index (χ1n) is 7.06. The average Bonchev–Trinajstić information content (AvgIpc) is 3.01. The van der Waals surface area contributed by atoms with E-state index in [0.29, 0.717) is 22.5 Å². The van der Waals surface area contributed by atoms with Crippen LogP contribution in [0.1, 0.15) is 29.6 Å². The van der Waals surface area contributed by atoms with Gasteiger partial charge in [-0.15, -0.1) is 0 Å². The first-order valence-corrected chi connectivity index (χ1v) is 7.44. The molecule has 2 saturated carbocycles. The Morgan fingerprint density at radius 1 is 1.29 bits per heavy atom. The second-order valence-electron chi connectivity index (χ2n) is 5.93. The van der Waals surface area contributed by atoms with E-state index in [-0.39, 0.29) is 23.4 Å². The molecule has 2 bridgehead atoms. The number of aromatic carboxylic acids is 1. The number of amides is 1. The van der Waals surface area contributed by atoms with E-state index in [1.165, 1.54) is 18.2 Å². The molecule has 1 aromatic rings. The Morgan fingerprint density at radius 2 is 2.00 bits per heavy atom. The minimum absolute atomic E-state index is 0.0898. The summed E-state index contributed by atoms with van der Waals surface area (Å²) in [5, 5.41) is 12.1. The molecule has 2 aliphatic rings. The molecule has 0 saturated heterocycles. The number of halogens is 1. The van der Waals surface area contributed by atoms with Crippen LogP contribution in [0.2, 0.25) is 5.02 Å². The van der Waals surface area contributed by atoms with E-state index >= 15 is 0 Å². The third kappa shape index (κ3) is 2.51. The molecule has 5 nitrogen and oxygen atoms in total. The molecule has 0 aliphatic heterocycles. The van der Waals surface area contributed by atoms with Crippen LogP contribution in [0.4, 0.5) is 5.69 Å². The van der Waals surface area contributed by atoms with Crippen LogP contribution in [-0.4, -0.2) is 23.0 Å². The van der Waals surface area contributed by atoms with Crippen LogP contribution >= 0.6 is 11.6 Å². The topological polar surface area (TPSA) is 92.4 Å². The van der Waals surface area contributed by atoms with Crippen molar-refractivity contribution in [3.8, 4) is 0 Å². The Balaban J connectivity index is 1.79. The van der Waals surface area contributed by atoms with Crippen molar-refractivity contribution >= 4 is 29.2 Å². The zero-order chi connectivity index (χ0) is 15.1. The summed E-state index contributed by atoms with van der Waals surface area (Å²) < 4.78 is 0. The van der Waals surface area contributed by atoms with Gasteiger partial charge >= 0.3 is 5.97 Å². The molecular weight excluding hydrogens is 292 g/mol. The van der Waals surface area contributed by atoms with Crippen molar-refractivity contribution in [2.75, 3.05) is 5.32 Å². The number of carboxylic acids is 1. The molecule has 4 atom stereocenters. The van der Waals surface area contributed by atoms with Crippen LogP contribution < -0.4 is 11.1 Å². The smallest absolute Gasteiger partial charge is 0.335 e. The van der Waals surface area contributed by atoms with Gasteiger partial charge in [-0.1, -0.05) is 11.6 Å². The van der Waals surface area contributed by atoms with Crippen LogP contribution in [0.5, 0.6) is 0 Å². The lowest BCUT2D eigenvalue weighted by Crippen LogP contribution is -2.42. The van der Waals surface area contributed by atoms with Gasteiger partial charge in [0.2, 0.25) is 5.91 Å². The van der Waals surface area contributed by atoms with Crippen molar-refractivity contribution in [2.45, 2.75) is 25.3 Å². The van der Waals surface area contributed by atoms with Gasteiger partial charge in [-0.3, -0.25) is 4.79 Å². The van der Waals surface area contributed by atoms with E-state index in [1.54, 1.807) is 0 Å². The molecule has 0 radical (unpaired) electrons. The maximum absolute atomic E-state index is 12.5. The van der Waals surface area contributed by atoms with Gasteiger partial charge in [0.25, 0.3) is 0 Å². The summed E-state index contributed by atoms with van der Waals surface area (Å²) in [7, 11) is 0. The van der Waals surface area contributed by atoms with Gasteiger partial charge in [-0.25, -0.2) is 4.79 Å². The molecule has 6 heteroatoms. The summed E-state index contributed by atoms with van der Waals surface area (Å²) >= 11 is 6.03. The maximum atomic E-state index is 12.5. The Hall–Kier alpha value is -1.59. The number of hydrogen-bond donors (Lipinski definition) is 3. The van der Waals surface area contributed by atoms with Crippen molar-refractivity contribution in [1.82, 2.24) is 0 Å². The molecule has 1 aromatic carbocycles. The van der Waals surface area contributed by atoms with Gasteiger partial charge in [0.05, 0.1) is 22.2 Å². The SMILES string of the molecule is NC1C2CCC(C2)C1C(=O)Nc1cc(C(=O)O)ccc1Cl. The molecule has 21 heavy (non-hydrogen) atoms. The van der Waals surface area contributed by atoms with E-state index in [4.69, 9.17) is 22.4 Å². The summed E-state index contributed by atoms with van der Waals surface area (Å²) in [5.74, 6) is -0.635. The highest BCUT2D eigenvalue weighted by molar-refractivity contribution is 6.33. The summed E-state index contributed by atoms with van der Waals surface area (Å²) in [4.78, 5) is 23.4. The minimum Gasteiger partial charge on any atom is -0.478 e. The normalized spacial score (nSPS) is 30.4. The third-order valence-corrected chi connectivity index (χ3v) is 5.08. The average molecular weight is 309 g/mol. The quantitative estimate of drug-likeness (QED) is 0.799. The number of anilines is 1. The Bertz CT molecular complexity index is 603. The molecule has 3 rings (SSSR count). The molecule has 1 amide bonds. The molecule has 0 aromatic heterocycles. The lowest BCUT2D eigenvalue weighted by molar-refractivity contribution is -0.121. The standard InChI is InChI=1S/C15H17ClN2O3/c16-10-4-3-9(15(20)21)6-11(10)18-14(19)12-7-1-2-8(5-7)13(12)17/h3-4,6-8,12-13H,1-2,5,17H2,(H,18,19)(H,20,21). The van der Waals surface area contributed by atoms with Gasteiger partial charge in [-0.05, 0) is 49.3 Å². The van der Waals surface area contributed by atoms with Crippen molar-refractivity contribution < 1.29 is 14.7 Å². The number of carboxylic acid groups (broad SMARTS) is 1. The lowest BCUT2D eigenvalue weighted by Gasteiger charge is -2.27. The van der Waals surface area contributed by atoms with Crippen molar-refractivity contribution in [1.29, 1.82) is 0 Å². The number of benzene rings is 1. The number of carbonyl (C=O) groups excluding carboxylic acids is 1. The van der Waals surface area contributed by atoms with Crippen LogP contribution in [0, 0.1) is 17.8 Å². The Morgan fingerprint density at radius 3 is 2.62 bits per heavy atom. The highest BCUT2D eigenvalue weighted by atomic mass is 35.5. The first kappa shape index (κ1) is 14.4. The molecule has 0 heterocycles. The second-order valence-corrected chi connectivity index (χ2v) is 6.33. The molecule has 0 spiro atoms. The number of carbonyl (C=O) groups is 2. The summed E-state index contributed by atoms with van der Waals surface area (Å²) in [6, 6.07) is 4.15. The fourth-order valence-electron chi connectivity index (χ4n) is 3.69. The lowest BCUT2D eigenvalue weighted by atomic mass is 9.84. The van der Waals surface area contributed by atoms with Crippen LogP contribution in [0.25, 0.3) is 0 Å². The predicted molar refractivity (Wildman–Crippen MR) is 79.3 cm³/mol. The minimum atomic E-state index is -1.06. The molecule has 2 aliphatic carbocycles. The van der Waals surface area contributed by atoms with E-state index in [9.17, 15) is 9.59 Å². The molecule has 4 unspecified atom stereocenters. The van der Waals surface area contributed by atoms with Crippen molar-refractivity contribution in [3.63, 3.8) is 0 Å². The Labute approximate surface area is 127 Å². The fourth-order valence-corrected chi connectivity index (χ4v) is 3.86. The maximum Gasteiger partial charge on any atom is 0.335 e. The largest absolute Gasteiger partial charge is 0.478 e. The highest BCUT2D eigenvalue weighted by Gasteiger charge is 2.49. The molecule has 2 fully saturated rings. The number of hydrogen-bond acceptors (Lipinski definition) is 3. The van der Waals surface area contributed by atoms with Gasteiger partial charge in [0.15, 0.2) is 0 Å². The summed E-state index contributed by atoms with van der Waals surface area (Å²) in [6.07, 6.45) is 3.16. The molecule has 4 N–H and O–H groups in total. The monoisotopic (exact) mass is 308 g/mol. The van der Waals surface area contributed by atoms with Gasteiger partial charge in [0.1, 0.15) is 0 Å². The van der Waals surface area contributed by atoms with Gasteiger partial charge in [-0.2, -0.15) is 0 Å². The van der Waals surface area contributed by atoms with Crippen LogP contribution in [-0.2, 0) is 4.79 Å². The second kappa shape index (κ2) is 5.31. The first-order chi connectivity index (χ1) is 9.97. The van der Waals surface area contributed by atoms with E-state index in [2.05, 4.69) is 5.32 Å². The summed E-state index contributed by atoms with van der Waals surface area (Å²) in [6.45, 7) is 0. The summed E-state index contributed by atoms with van der Waals surface area (Å²) in [5.41, 5.74) is 6.57. The zero-order valence-corrected chi connectivity index (χ0v) is 12.1. The van der Waals surface area contributed by atoms with Gasteiger partial charge < -0.3 is 16.2 Å². The van der Waals surface area contributed by atoms with Crippen LogP contribution in [0.3, 0.4) is 0 Å². The number of rotatable bonds is 3. The highest BCUT2D eigenvalue weighted by Crippen LogP contribution is 2.48. The van der Waals surface area contributed by atoms with E-state index in [1.807, 2.05) is 0 Å². The predicted octanol–water partition coefficient (Wildman–Crippen LogP) is 2.35. The number of nitrogens with two attached hydrogens (primary N) is 1. The van der Waals surface area contributed by atoms with E-state index in [0.717, 1.165) is 19.3 Å². The van der Waals surface area contributed by atoms with Crippen molar-refractivity contribution in [2.24, 2.45) is 23.5 Å². The van der Waals surface area contributed by atoms with Crippen molar-refractivity contribution in [3.05, 3.63) is 28.8 Å². The molecule has 112 valence electrons. The third-order valence-electron chi connectivity index (χ3n) is 4.75.